The van der Waals surface area contributed by atoms with Gasteiger partial charge in [-0.05, 0) is 38.6 Å². The Balaban J connectivity index is 0. The van der Waals surface area contributed by atoms with Gasteiger partial charge in [0.1, 0.15) is 0 Å². The van der Waals surface area contributed by atoms with Crippen LogP contribution in [0.4, 0.5) is 0 Å². The first-order valence-corrected chi connectivity index (χ1v) is 9.27. The predicted molar refractivity (Wildman–Crippen MR) is 100 cm³/mol. The minimum atomic E-state index is 0. The van der Waals surface area contributed by atoms with Crippen LogP contribution >= 0.6 is 12.4 Å². The Morgan fingerprint density at radius 1 is 0.571 bits per heavy atom. The van der Waals surface area contributed by atoms with Crippen molar-refractivity contribution in [2.75, 3.05) is 6.54 Å². The fraction of sp³-hybridized carbons (Fsp3) is 0.895. The van der Waals surface area contributed by atoms with Crippen LogP contribution < -0.4 is 5.73 Å². The van der Waals surface area contributed by atoms with Gasteiger partial charge in [0.05, 0.1) is 0 Å². The van der Waals surface area contributed by atoms with E-state index in [0.29, 0.717) is 0 Å². The Labute approximate surface area is 140 Å². The second-order valence-corrected chi connectivity index (χ2v) is 6.08. The number of unbranched alkanes of at least 4 members (excludes halogenated alkanes) is 13. The number of allylic oxidation sites excluding steroid dienone is 2. The highest BCUT2D eigenvalue weighted by molar-refractivity contribution is 5.85. The molecule has 128 valence electrons. The summed E-state index contributed by atoms with van der Waals surface area (Å²) in [7, 11) is 0. The van der Waals surface area contributed by atoms with Crippen molar-refractivity contribution in [3.05, 3.63) is 12.2 Å². The number of halogens is 1. The first kappa shape index (κ1) is 23.3. The molecule has 0 saturated carbocycles. The van der Waals surface area contributed by atoms with Gasteiger partial charge >= 0.3 is 0 Å². The molecule has 0 aliphatic heterocycles. The van der Waals surface area contributed by atoms with E-state index in [0.717, 1.165) is 6.54 Å². The minimum Gasteiger partial charge on any atom is -0.330 e. The van der Waals surface area contributed by atoms with Crippen molar-refractivity contribution in [1.29, 1.82) is 0 Å². The molecule has 0 aromatic carbocycles. The highest BCUT2D eigenvalue weighted by Crippen LogP contribution is 2.10. The molecule has 0 fully saturated rings. The summed E-state index contributed by atoms with van der Waals surface area (Å²) in [6, 6.07) is 0. The summed E-state index contributed by atoms with van der Waals surface area (Å²) in [6.07, 6.45) is 25.4. The van der Waals surface area contributed by atoms with E-state index in [9.17, 15) is 0 Å². The molecular formula is C19H40ClN. The SMILES string of the molecule is CCCCCCCCC=CCCCCCCCCCN.Cl. The minimum absolute atomic E-state index is 0. The van der Waals surface area contributed by atoms with Gasteiger partial charge in [-0.2, -0.15) is 0 Å². The van der Waals surface area contributed by atoms with Gasteiger partial charge in [0.2, 0.25) is 0 Å². The molecule has 0 bridgehead atoms. The van der Waals surface area contributed by atoms with Crippen LogP contribution in [0.2, 0.25) is 0 Å². The summed E-state index contributed by atoms with van der Waals surface area (Å²) < 4.78 is 0. The van der Waals surface area contributed by atoms with E-state index < -0.39 is 0 Å². The standard InChI is InChI=1S/C19H39N.ClH/c1-2-3-4-5-6-7-8-9-10-11-12-13-14-15-16-17-18-19-20;/h9-10H,2-8,11-20H2,1H3;1H. The summed E-state index contributed by atoms with van der Waals surface area (Å²) >= 11 is 0. The molecule has 2 heteroatoms. The molecule has 0 aliphatic rings. The van der Waals surface area contributed by atoms with Crippen molar-refractivity contribution in [1.82, 2.24) is 0 Å². The highest BCUT2D eigenvalue weighted by atomic mass is 35.5. The van der Waals surface area contributed by atoms with E-state index in [2.05, 4.69) is 19.1 Å². The van der Waals surface area contributed by atoms with Crippen molar-refractivity contribution in [2.45, 2.75) is 103 Å². The normalized spacial score (nSPS) is 11.0. The van der Waals surface area contributed by atoms with Crippen LogP contribution in [0.15, 0.2) is 12.2 Å². The van der Waals surface area contributed by atoms with Crippen molar-refractivity contribution in [2.24, 2.45) is 5.73 Å². The molecule has 1 nitrogen and oxygen atoms in total. The van der Waals surface area contributed by atoms with Gasteiger partial charge in [-0.3, -0.25) is 0 Å². The van der Waals surface area contributed by atoms with Crippen molar-refractivity contribution in [3.63, 3.8) is 0 Å². The highest BCUT2D eigenvalue weighted by Gasteiger charge is 1.91. The van der Waals surface area contributed by atoms with Gasteiger partial charge in [-0.25, -0.2) is 0 Å². The third kappa shape index (κ3) is 22.4. The Kier molecular flexibility index (Phi) is 24.7. The molecule has 2 N–H and O–H groups in total. The molecule has 0 aromatic rings. The number of hydrogen-bond acceptors (Lipinski definition) is 1. The summed E-state index contributed by atoms with van der Waals surface area (Å²) in [6.45, 7) is 3.15. The molecule has 0 amide bonds. The molecule has 0 atom stereocenters. The average Bonchev–Trinajstić information content (AvgIpc) is 2.47. The van der Waals surface area contributed by atoms with E-state index in [4.69, 9.17) is 5.73 Å². The third-order valence-electron chi connectivity index (χ3n) is 3.97. The lowest BCUT2D eigenvalue weighted by molar-refractivity contribution is 0.584. The van der Waals surface area contributed by atoms with Gasteiger partial charge in [0.15, 0.2) is 0 Å². The third-order valence-corrected chi connectivity index (χ3v) is 3.97. The van der Waals surface area contributed by atoms with Crippen LogP contribution in [-0.2, 0) is 0 Å². The molecule has 0 spiro atoms. The van der Waals surface area contributed by atoms with Crippen LogP contribution in [0.3, 0.4) is 0 Å². The molecule has 0 radical (unpaired) electrons. The van der Waals surface area contributed by atoms with Crippen molar-refractivity contribution in [3.8, 4) is 0 Å². The van der Waals surface area contributed by atoms with Crippen LogP contribution in [0.25, 0.3) is 0 Å². The van der Waals surface area contributed by atoms with Gasteiger partial charge < -0.3 is 5.73 Å². The van der Waals surface area contributed by atoms with E-state index in [-0.39, 0.29) is 12.4 Å². The lowest BCUT2D eigenvalue weighted by Gasteiger charge is -2.00. The molecule has 0 rings (SSSR count). The molecule has 0 saturated heterocycles. The Bertz CT molecular complexity index is 192. The maximum atomic E-state index is 5.48. The largest absolute Gasteiger partial charge is 0.330 e. The van der Waals surface area contributed by atoms with Gasteiger partial charge in [-0.15, -0.1) is 12.4 Å². The van der Waals surface area contributed by atoms with E-state index in [1.54, 1.807) is 0 Å². The fourth-order valence-corrected chi connectivity index (χ4v) is 2.57. The maximum Gasteiger partial charge on any atom is -0.00773 e. The topological polar surface area (TPSA) is 26.0 Å². The van der Waals surface area contributed by atoms with Gasteiger partial charge in [0.25, 0.3) is 0 Å². The monoisotopic (exact) mass is 317 g/mol. The molecule has 0 aliphatic carbocycles. The van der Waals surface area contributed by atoms with Crippen molar-refractivity contribution < 1.29 is 0 Å². The Morgan fingerprint density at radius 3 is 1.38 bits per heavy atom. The summed E-state index contributed by atoms with van der Waals surface area (Å²) in [5.41, 5.74) is 5.48. The quantitative estimate of drug-likeness (QED) is 0.246. The first-order chi connectivity index (χ1) is 9.91. The summed E-state index contributed by atoms with van der Waals surface area (Å²) in [5.74, 6) is 0. The molecular weight excluding hydrogens is 278 g/mol. The zero-order chi connectivity index (χ0) is 14.7. The smallest absolute Gasteiger partial charge is 0.00773 e. The lowest BCUT2D eigenvalue weighted by atomic mass is 10.1. The second-order valence-electron chi connectivity index (χ2n) is 6.08. The number of rotatable bonds is 16. The Morgan fingerprint density at radius 2 is 0.952 bits per heavy atom. The van der Waals surface area contributed by atoms with E-state index >= 15 is 0 Å². The first-order valence-electron chi connectivity index (χ1n) is 9.27. The fourth-order valence-electron chi connectivity index (χ4n) is 2.57. The van der Waals surface area contributed by atoms with Crippen LogP contribution in [0, 0.1) is 0 Å². The number of nitrogens with two attached hydrogens (primary N) is 1. The zero-order valence-electron chi connectivity index (χ0n) is 14.5. The van der Waals surface area contributed by atoms with Crippen LogP contribution in [0.1, 0.15) is 103 Å². The van der Waals surface area contributed by atoms with E-state index in [1.807, 2.05) is 0 Å². The summed E-state index contributed by atoms with van der Waals surface area (Å²) in [5, 5.41) is 0. The number of hydrogen-bond donors (Lipinski definition) is 1. The van der Waals surface area contributed by atoms with Gasteiger partial charge in [-0.1, -0.05) is 83.3 Å². The Hall–Kier alpha value is -0.0100. The molecule has 0 aromatic heterocycles. The molecule has 0 heterocycles. The predicted octanol–water partition coefficient (Wildman–Crippen LogP) is 6.79. The van der Waals surface area contributed by atoms with Crippen LogP contribution in [-0.4, -0.2) is 6.54 Å². The maximum absolute atomic E-state index is 5.48. The second kappa shape index (κ2) is 22.3. The van der Waals surface area contributed by atoms with Gasteiger partial charge in [0, 0.05) is 0 Å². The molecule has 0 unspecified atom stereocenters. The van der Waals surface area contributed by atoms with Crippen LogP contribution in [0.5, 0.6) is 0 Å². The summed E-state index contributed by atoms with van der Waals surface area (Å²) in [4.78, 5) is 0. The zero-order valence-corrected chi connectivity index (χ0v) is 15.3. The average molecular weight is 318 g/mol. The lowest BCUT2D eigenvalue weighted by Crippen LogP contribution is -1.97. The van der Waals surface area contributed by atoms with E-state index in [1.165, 1.54) is 96.3 Å². The molecule has 21 heavy (non-hydrogen) atoms. The van der Waals surface area contributed by atoms with Crippen molar-refractivity contribution >= 4 is 12.4 Å².